The third-order valence-electron chi connectivity index (χ3n) is 7.39. The van der Waals surface area contributed by atoms with Crippen molar-refractivity contribution < 1.29 is 18.7 Å². The second kappa shape index (κ2) is 11.7. The maximum Gasteiger partial charge on any atom is 0.320 e. The summed E-state index contributed by atoms with van der Waals surface area (Å²) in [6.07, 6.45) is 7.04. The number of aromatic nitrogens is 2. The molecule has 7 heteroatoms. The zero-order chi connectivity index (χ0) is 26.4. The molecule has 0 amide bonds. The zero-order valence-corrected chi connectivity index (χ0v) is 22.2. The Balaban J connectivity index is 1.60. The lowest BCUT2D eigenvalue weighted by molar-refractivity contribution is -0.150. The maximum atomic E-state index is 14.6. The highest BCUT2D eigenvalue weighted by molar-refractivity contribution is 5.91. The Labute approximate surface area is 218 Å². The number of halogens is 1. The number of allylic oxidation sites excluding steroid dienone is 1. The van der Waals surface area contributed by atoms with Gasteiger partial charge in [0.05, 0.1) is 19.9 Å². The van der Waals surface area contributed by atoms with Crippen LogP contribution >= 0.6 is 0 Å². The summed E-state index contributed by atoms with van der Waals surface area (Å²) in [4.78, 5) is 16.1. The van der Waals surface area contributed by atoms with Crippen LogP contribution in [0.3, 0.4) is 0 Å². The van der Waals surface area contributed by atoms with E-state index in [4.69, 9.17) is 9.47 Å². The minimum atomic E-state index is -1.06. The summed E-state index contributed by atoms with van der Waals surface area (Å²) in [6.45, 7) is 9.90. The molecule has 0 saturated carbocycles. The minimum absolute atomic E-state index is 0.130. The highest BCUT2D eigenvalue weighted by Gasteiger charge is 2.45. The molecule has 2 aromatic carbocycles. The van der Waals surface area contributed by atoms with E-state index in [0.29, 0.717) is 24.0 Å². The molecule has 1 heterocycles. The molecule has 6 nitrogen and oxygen atoms in total. The van der Waals surface area contributed by atoms with Crippen LogP contribution in [0.5, 0.6) is 5.75 Å². The predicted molar refractivity (Wildman–Crippen MR) is 143 cm³/mol. The SMILES string of the molecule is CCN(CC)CCn1cc(C2=C[C@](C(=O)OCc3ccc(OC)cc3)(c3cccc(F)c3C)CC2)cn1. The number of nitrogens with zero attached hydrogens (tertiary/aromatic N) is 3. The number of rotatable bonds is 11. The van der Waals surface area contributed by atoms with Gasteiger partial charge in [-0.1, -0.05) is 44.2 Å². The molecule has 196 valence electrons. The summed E-state index contributed by atoms with van der Waals surface area (Å²) < 4.78 is 27.6. The van der Waals surface area contributed by atoms with Crippen molar-refractivity contribution in [3.05, 3.63) is 89.0 Å². The molecule has 0 saturated heterocycles. The number of likely N-dealkylation sites (N-methyl/N-ethyl adjacent to an activating group) is 1. The van der Waals surface area contributed by atoms with Crippen LogP contribution in [0.2, 0.25) is 0 Å². The molecule has 0 fully saturated rings. The maximum absolute atomic E-state index is 14.6. The molecule has 0 N–H and O–H groups in total. The van der Waals surface area contributed by atoms with Gasteiger partial charge in [0.2, 0.25) is 0 Å². The fourth-order valence-corrected chi connectivity index (χ4v) is 5.01. The fraction of sp³-hybridized carbons (Fsp3) is 0.400. The van der Waals surface area contributed by atoms with E-state index in [1.54, 1.807) is 20.1 Å². The topological polar surface area (TPSA) is 56.6 Å². The van der Waals surface area contributed by atoms with Gasteiger partial charge in [-0.05, 0) is 73.3 Å². The van der Waals surface area contributed by atoms with Gasteiger partial charge in [0.1, 0.15) is 23.6 Å². The first-order valence-corrected chi connectivity index (χ1v) is 12.9. The Bertz CT molecular complexity index is 1250. The van der Waals surface area contributed by atoms with E-state index in [1.807, 2.05) is 53.5 Å². The predicted octanol–water partition coefficient (Wildman–Crippen LogP) is 5.54. The smallest absolute Gasteiger partial charge is 0.320 e. The first-order chi connectivity index (χ1) is 17.9. The number of methoxy groups -OCH3 is 1. The van der Waals surface area contributed by atoms with Gasteiger partial charge in [0.15, 0.2) is 0 Å². The normalized spacial score (nSPS) is 17.2. The lowest BCUT2D eigenvalue weighted by Crippen LogP contribution is -2.34. The zero-order valence-electron chi connectivity index (χ0n) is 22.2. The standard InChI is InChI=1S/C30H36FN3O3/c1-5-33(6-2)16-17-34-20-25(19-32-34)24-14-15-30(18-24,27-8-7-9-28(31)22(27)3)29(35)37-21-23-10-12-26(36-4)13-11-23/h7-13,18-20H,5-6,14-17,21H2,1-4H3/t30-/m0/s1. The average Bonchev–Trinajstić information content (AvgIpc) is 3.58. The number of hydrogen-bond donors (Lipinski definition) is 0. The average molecular weight is 506 g/mol. The second-order valence-corrected chi connectivity index (χ2v) is 9.50. The molecule has 0 bridgehead atoms. The van der Waals surface area contributed by atoms with Crippen molar-refractivity contribution in [1.82, 2.24) is 14.7 Å². The first-order valence-electron chi connectivity index (χ1n) is 12.9. The lowest BCUT2D eigenvalue weighted by Gasteiger charge is -2.27. The number of benzene rings is 2. The number of ether oxygens (including phenoxy) is 2. The monoisotopic (exact) mass is 505 g/mol. The summed E-state index contributed by atoms with van der Waals surface area (Å²) in [5.74, 6) is 0.0368. The molecule has 1 aliphatic rings. The van der Waals surface area contributed by atoms with Crippen molar-refractivity contribution in [2.24, 2.45) is 0 Å². The Hall–Kier alpha value is -3.45. The van der Waals surface area contributed by atoms with Crippen LogP contribution in [-0.4, -0.2) is 47.4 Å². The molecule has 1 atom stereocenters. The van der Waals surface area contributed by atoms with Crippen LogP contribution in [0, 0.1) is 12.7 Å². The van der Waals surface area contributed by atoms with Crippen molar-refractivity contribution in [2.75, 3.05) is 26.7 Å². The Morgan fingerprint density at radius 1 is 1.16 bits per heavy atom. The van der Waals surface area contributed by atoms with Crippen molar-refractivity contribution in [3.8, 4) is 5.75 Å². The number of carbonyl (C=O) groups excluding carboxylic acids is 1. The van der Waals surface area contributed by atoms with Crippen LogP contribution in [0.25, 0.3) is 5.57 Å². The molecule has 1 aromatic heterocycles. The van der Waals surface area contributed by atoms with E-state index in [0.717, 1.165) is 48.6 Å². The Morgan fingerprint density at radius 3 is 2.62 bits per heavy atom. The summed E-state index contributed by atoms with van der Waals surface area (Å²) in [5, 5.41) is 4.55. The molecular weight excluding hydrogens is 469 g/mol. The van der Waals surface area contributed by atoms with Crippen molar-refractivity contribution in [3.63, 3.8) is 0 Å². The number of carbonyl (C=O) groups is 1. The van der Waals surface area contributed by atoms with Crippen molar-refractivity contribution in [1.29, 1.82) is 0 Å². The highest BCUT2D eigenvalue weighted by Crippen LogP contribution is 2.45. The Morgan fingerprint density at radius 2 is 1.92 bits per heavy atom. The van der Waals surface area contributed by atoms with E-state index in [9.17, 15) is 9.18 Å². The molecule has 1 aliphatic carbocycles. The van der Waals surface area contributed by atoms with Gasteiger partial charge in [-0.2, -0.15) is 5.10 Å². The molecule has 37 heavy (non-hydrogen) atoms. The summed E-state index contributed by atoms with van der Waals surface area (Å²) >= 11 is 0. The third-order valence-corrected chi connectivity index (χ3v) is 7.39. The third kappa shape index (κ3) is 5.77. The van der Waals surface area contributed by atoms with E-state index in [-0.39, 0.29) is 18.4 Å². The fourth-order valence-electron chi connectivity index (χ4n) is 5.01. The quantitative estimate of drug-likeness (QED) is 0.320. The van der Waals surface area contributed by atoms with Gasteiger partial charge >= 0.3 is 5.97 Å². The highest BCUT2D eigenvalue weighted by atomic mass is 19.1. The van der Waals surface area contributed by atoms with Crippen LogP contribution < -0.4 is 4.74 Å². The summed E-state index contributed by atoms with van der Waals surface area (Å²) in [5.41, 5.74) is 2.93. The summed E-state index contributed by atoms with van der Waals surface area (Å²) in [6, 6.07) is 12.3. The lowest BCUT2D eigenvalue weighted by atomic mass is 9.77. The molecule has 0 radical (unpaired) electrons. The van der Waals surface area contributed by atoms with Crippen molar-refractivity contribution >= 4 is 11.5 Å². The molecule has 0 aliphatic heterocycles. The number of hydrogen-bond acceptors (Lipinski definition) is 5. The second-order valence-electron chi connectivity index (χ2n) is 9.50. The van der Waals surface area contributed by atoms with Crippen molar-refractivity contribution in [2.45, 2.75) is 52.2 Å². The van der Waals surface area contributed by atoms with Crippen LogP contribution in [0.1, 0.15) is 48.9 Å². The van der Waals surface area contributed by atoms with Crippen LogP contribution in [0.4, 0.5) is 4.39 Å². The van der Waals surface area contributed by atoms with Gasteiger partial charge < -0.3 is 14.4 Å². The number of esters is 1. The van der Waals surface area contributed by atoms with Gasteiger partial charge in [-0.3, -0.25) is 9.48 Å². The summed E-state index contributed by atoms with van der Waals surface area (Å²) in [7, 11) is 1.61. The molecule has 3 aromatic rings. The largest absolute Gasteiger partial charge is 0.497 e. The van der Waals surface area contributed by atoms with E-state index >= 15 is 0 Å². The van der Waals surface area contributed by atoms with E-state index in [2.05, 4.69) is 23.8 Å². The van der Waals surface area contributed by atoms with E-state index < -0.39 is 5.41 Å². The van der Waals surface area contributed by atoms with E-state index in [1.165, 1.54) is 6.07 Å². The van der Waals surface area contributed by atoms with Gasteiger partial charge in [0.25, 0.3) is 0 Å². The van der Waals surface area contributed by atoms with Gasteiger partial charge in [0, 0.05) is 18.3 Å². The Kier molecular flexibility index (Phi) is 8.44. The van der Waals surface area contributed by atoms with Crippen LogP contribution in [0.15, 0.2) is 60.9 Å². The molecule has 0 spiro atoms. The molecule has 0 unspecified atom stereocenters. The minimum Gasteiger partial charge on any atom is -0.497 e. The van der Waals surface area contributed by atoms with Gasteiger partial charge in [-0.25, -0.2) is 4.39 Å². The van der Waals surface area contributed by atoms with Crippen LogP contribution in [-0.2, 0) is 28.1 Å². The first kappa shape index (κ1) is 26.6. The molecular formula is C30H36FN3O3. The van der Waals surface area contributed by atoms with Gasteiger partial charge in [-0.15, -0.1) is 0 Å². The molecule has 4 rings (SSSR count).